The predicted molar refractivity (Wildman–Crippen MR) is 82.0 cm³/mol. The Labute approximate surface area is 125 Å². The van der Waals surface area contributed by atoms with Crippen LogP contribution in [0.15, 0.2) is 23.4 Å². The molecule has 0 saturated heterocycles. The van der Waals surface area contributed by atoms with Gasteiger partial charge < -0.3 is 15.7 Å². The molecule has 1 aliphatic heterocycles. The Morgan fingerprint density at radius 2 is 2.24 bits per heavy atom. The van der Waals surface area contributed by atoms with Gasteiger partial charge in [-0.1, -0.05) is 17.3 Å². The molecule has 0 atom stereocenters. The minimum atomic E-state index is 0.315. The monoisotopic (exact) mass is 289 g/mol. The highest BCUT2D eigenvalue weighted by atomic mass is 16.5. The Morgan fingerprint density at radius 3 is 3.00 bits per heavy atom. The Balaban J connectivity index is 1.54. The third-order valence-electron chi connectivity index (χ3n) is 4.29. The summed E-state index contributed by atoms with van der Waals surface area (Å²) in [5.41, 5.74) is 8.27. The summed E-state index contributed by atoms with van der Waals surface area (Å²) in [7, 11) is 0. The van der Waals surface area contributed by atoms with Gasteiger partial charge in [0.2, 0.25) is 0 Å². The van der Waals surface area contributed by atoms with E-state index in [1.807, 2.05) is 0 Å². The molecule has 0 aromatic heterocycles. The molecule has 5 nitrogen and oxygen atoms in total. The molecule has 1 fully saturated rings. The molecule has 2 aliphatic rings. The highest BCUT2D eigenvalue weighted by molar-refractivity contribution is 5.79. The van der Waals surface area contributed by atoms with E-state index in [1.165, 1.54) is 24.0 Å². The minimum Gasteiger partial charge on any atom is -0.493 e. The number of hydrogen-bond donors (Lipinski definition) is 2. The molecular formula is C16H23N3O2. The van der Waals surface area contributed by atoms with Gasteiger partial charge in [-0.15, -0.1) is 0 Å². The van der Waals surface area contributed by atoms with E-state index in [0.717, 1.165) is 38.3 Å². The molecule has 0 bridgehead atoms. The average molecular weight is 289 g/mol. The molecule has 3 N–H and O–H groups in total. The second-order valence-corrected chi connectivity index (χ2v) is 5.90. The summed E-state index contributed by atoms with van der Waals surface area (Å²) in [6.45, 7) is 2.71. The van der Waals surface area contributed by atoms with Gasteiger partial charge in [0.25, 0.3) is 0 Å². The Kier molecular flexibility index (Phi) is 4.29. The third-order valence-corrected chi connectivity index (χ3v) is 4.29. The van der Waals surface area contributed by atoms with Crippen molar-refractivity contribution in [1.82, 2.24) is 4.90 Å². The van der Waals surface area contributed by atoms with Gasteiger partial charge in [-0.05, 0) is 36.5 Å². The van der Waals surface area contributed by atoms with Crippen LogP contribution < -0.4 is 10.5 Å². The molecule has 1 heterocycles. The van der Waals surface area contributed by atoms with Crippen molar-refractivity contribution in [3.63, 3.8) is 0 Å². The fourth-order valence-corrected chi connectivity index (χ4v) is 2.89. The van der Waals surface area contributed by atoms with Crippen molar-refractivity contribution in [3.05, 3.63) is 29.3 Å². The number of benzene rings is 1. The summed E-state index contributed by atoms with van der Waals surface area (Å²) in [5.74, 6) is 1.36. The third kappa shape index (κ3) is 3.67. The number of nitrogens with zero attached hydrogens (tertiary/aromatic N) is 2. The molecular weight excluding hydrogens is 266 g/mol. The van der Waals surface area contributed by atoms with Crippen molar-refractivity contribution in [1.29, 1.82) is 0 Å². The largest absolute Gasteiger partial charge is 0.493 e. The number of fused-ring (bicyclic) bond motifs is 1. The average Bonchev–Trinajstić information content (AvgIpc) is 3.24. The Hall–Kier alpha value is -1.75. The van der Waals surface area contributed by atoms with Gasteiger partial charge in [-0.3, -0.25) is 4.90 Å². The summed E-state index contributed by atoms with van der Waals surface area (Å²) in [6.07, 6.45) is 5.24. The van der Waals surface area contributed by atoms with Gasteiger partial charge >= 0.3 is 0 Å². The summed E-state index contributed by atoms with van der Waals surface area (Å²) < 4.78 is 5.54. The van der Waals surface area contributed by atoms with Gasteiger partial charge in [-0.2, -0.15) is 0 Å². The lowest BCUT2D eigenvalue weighted by Crippen LogP contribution is -2.32. The van der Waals surface area contributed by atoms with Crippen LogP contribution in [0.1, 0.15) is 30.4 Å². The molecule has 3 rings (SSSR count). The fraction of sp³-hybridized carbons (Fsp3) is 0.562. The van der Waals surface area contributed by atoms with Crippen LogP contribution in [-0.2, 0) is 12.8 Å². The van der Waals surface area contributed by atoms with E-state index in [1.54, 1.807) is 0 Å². The summed E-state index contributed by atoms with van der Waals surface area (Å²) in [6, 6.07) is 7.22. The first kappa shape index (κ1) is 14.2. The van der Waals surface area contributed by atoms with Gasteiger partial charge in [0.1, 0.15) is 11.6 Å². The molecule has 0 radical (unpaired) electrons. The van der Waals surface area contributed by atoms with Gasteiger partial charge in [0, 0.05) is 32.0 Å². The lowest BCUT2D eigenvalue weighted by atomic mass is 10.1. The van der Waals surface area contributed by atoms with Crippen molar-refractivity contribution in [2.45, 2.75) is 38.1 Å². The Morgan fingerprint density at radius 1 is 1.38 bits per heavy atom. The van der Waals surface area contributed by atoms with Crippen LogP contribution in [0.25, 0.3) is 0 Å². The first-order valence-electron chi connectivity index (χ1n) is 7.71. The number of ether oxygens (including phenoxy) is 1. The van der Waals surface area contributed by atoms with E-state index in [-0.39, 0.29) is 0 Å². The van der Waals surface area contributed by atoms with Gasteiger partial charge in [-0.25, -0.2) is 0 Å². The van der Waals surface area contributed by atoms with E-state index in [9.17, 15) is 0 Å². The first-order chi connectivity index (χ1) is 10.3. The van der Waals surface area contributed by atoms with Crippen LogP contribution >= 0.6 is 0 Å². The zero-order valence-corrected chi connectivity index (χ0v) is 12.3. The topological polar surface area (TPSA) is 71.1 Å². The number of oxime groups is 1. The van der Waals surface area contributed by atoms with Gasteiger partial charge in [0.05, 0.1) is 6.61 Å². The van der Waals surface area contributed by atoms with E-state index in [4.69, 9.17) is 15.7 Å². The molecule has 21 heavy (non-hydrogen) atoms. The normalized spacial score (nSPS) is 17.9. The van der Waals surface area contributed by atoms with Crippen molar-refractivity contribution in [3.8, 4) is 5.75 Å². The van der Waals surface area contributed by atoms with Crippen molar-refractivity contribution in [2.24, 2.45) is 10.9 Å². The standard InChI is InChI=1S/C16H23N3O2/c17-16(18-20)6-9-19(14-2-3-14)8-5-12-1-4-15-13(11-12)7-10-21-15/h1,4,11,14,20H,2-3,5-10H2,(H2,17,18). The second-order valence-electron chi connectivity index (χ2n) is 5.90. The van der Waals surface area contributed by atoms with Crippen molar-refractivity contribution >= 4 is 5.84 Å². The predicted octanol–water partition coefficient (Wildman–Crippen LogP) is 1.76. The molecule has 1 aliphatic carbocycles. The molecule has 1 aromatic carbocycles. The maximum absolute atomic E-state index is 8.63. The van der Waals surface area contributed by atoms with Crippen LogP contribution in [0, 0.1) is 0 Å². The van der Waals surface area contributed by atoms with Crippen molar-refractivity contribution in [2.75, 3.05) is 19.7 Å². The number of rotatable bonds is 7. The number of amidine groups is 1. The molecule has 0 amide bonds. The molecule has 5 heteroatoms. The zero-order chi connectivity index (χ0) is 14.7. The molecule has 0 unspecified atom stereocenters. The Bertz CT molecular complexity index is 526. The highest BCUT2D eigenvalue weighted by Gasteiger charge is 2.28. The minimum absolute atomic E-state index is 0.315. The smallest absolute Gasteiger partial charge is 0.140 e. The van der Waals surface area contributed by atoms with Crippen LogP contribution in [0.2, 0.25) is 0 Å². The summed E-state index contributed by atoms with van der Waals surface area (Å²) >= 11 is 0. The number of nitrogens with two attached hydrogens (primary N) is 1. The van der Waals surface area contributed by atoms with E-state index in [2.05, 4.69) is 28.3 Å². The van der Waals surface area contributed by atoms with Crippen LogP contribution in [0.4, 0.5) is 0 Å². The maximum atomic E-state index is 8.63. The molecule has 1 aromatic rings. The SMILES string of the molecule is NC(CCN(CCc1ccc2c(c1)CCO2)C1CC1)=NO. The van der Waals surface area contributed by atoms with Gasteiger partial charge in [0.15, 0.2) is 0 Å². The highest BCUT2D eigenvalue weighted by Crippen LogP contribution is 2.28. The number of hydrogen-bond acceptors (Lipinski definition) is 4. The van der Waals surface area contributed by atoms with Crippen molar-refractivity contribution < 1.29 is 9.94 Å². The van der Waals surface area contributed by atoms with E-state index < -0.39 is 0 Å². The summed E-state index contributed by atoms with van der Waals surface area (Å²) in [5, 5.41) is 11.7. The van der Waals surface area contributed by atoms with E-state index in [0.29, 0.717) is 18.3 Å². The lowest BCUT2D eigenvalue weighted by molar-refractivity contribution is 0.271. The quantitative estimate of drug-likeness (QED) is 0.347. The maximum Gasteiger partial charge on any atom is 0.140 e. The molecule has 0 spiro atoms. The van der Waals surface area contributed by atoms with E-state index >= 15 is 0 Å². The second kappa shape index (κ2) is 6.35. The molecule has 114 valence electrons. The van der Waals surface area contributed by atoms with Crippen LogP contribution in [0.3, 0.4) is 0 Å². The zero-order valence-electron chi connectivity index (χ0n) is 12.3. The fourth-order valence-electron chi connectivity index (χ4n) is 2.89. The first-order valence-corrected chi connectivity index (χ1v) is 7.71. The van der Waals surface area contributed by atoms with Crippen LogP contribution in [-0.4, -0.2) is 41.7 Å². The lowest BCUT2D eigenvalue weighted by Gasteiger charge is -2.21. The molecule has 1 saturated carbocycles. The summed E-state index contributed by atoms with van der Waals surface area (Å²) in [4.78, 5) is 2.46. The van der Waals surface area contributed by atoms with Crippen LogP contribution in [0.5, 0.6) is 5.75 Å².